The summed E-state index contributed by atoms with van der Waals surface area (Å²) in [4.78, 5) is 26.2. The van der Waals surface area contributed by atoms with E-state index in [9.17, 15) is 4.79 Å². The fourth-order valence-corrected chi connectivity index (χ4v) is 5.40. The number of thiophene rings is 1. The van der Waals surface area contributed by atoms with Gasteiger partial charge in [0, 0.05) is 18.5 Å². The molecule has 0 N–H and O–H groups in total. The molecule has 0 amide bonds. The molecule has 0 unspecified atom stereocenters. The van der Waals surface area contributed by atoms with Gasteiger partial charge in [-0.15, -0.1) is 22.7 Å². The van der Waals surface area contributed by atoms with E-state index in [1.165, 1.54) is 11.3 Å². The molecule has 9 heteroatoms. The quantitative estimate of drug-likeness (QED) is 0.450. The van der Waals surface area contributed by atoms with Crippen molar-refractivity contribution in [2.75, 3.05) is 26.3 Å². The van der Waals surface area contributed by atoms with Crippen LogP contribution in [0.25, 0.3) is 21.5 Å². The number of nitrogens with zero attached hydrogens (tertiary/aromatic N) is 4. The predicted molar refractivity (Wildman–Crippen MR) is 122 cm³/mol. The van der Waals surface area contributed by atoms with Crippen molar-refractivity contribution >= 4 is 45.2 Å². The third kappa shape index (κ3) is 4.06. The van der Waals surface area contributed by atoms with Gasteiger partial charge in [0.25, 0.3) is 5.56 Å². The fourth-order valence-electron chi connectivity index (χ4n) is 3.54. The van der Waals surface area contributed by atoms with Crippen molar-refractivity contribution in [2.24, 2.45) is 0 Å². The molecule has 0 atom stereocenters. The maximum absolute atomic E-state index is 13.3. The number of ether oxygens (including phenoxy) is 1. The van der Waals surface area contributed by atoms with Crippen LogP contribution in [0, 0.1) is 0 Å². The average molecular weight is 459 g/mol. The smallest absolute Gasteiger partial charge is 0.261 e. The standard InChI is InChI=1S/C21H19ClN4O2S2/c22-18-6-5-17(30-18)16-13-29-20(24-16)12-26-19(11-25-7-9-28-10-8-25)23-15-4-2-1-3-14(15)21(26)27/h1-6,13H,7-12H2. The molecule has 0 radical (unpaired) electrons. The first-order valence-corrected chi connectivity index (χ1v) is 11.7. The number of aromatic nitrogens is 3. The summed E-state index contributed by atoms with van der Waals surface area (Å²) in [6.07, 6.45) is 0. The van der Waals surface area contributed by atoms with E-state index in [4.69, 9.17) is 26.3 Å². The molecule has 1 aliphatic rings. The lowest BCUT2D eigenvalue weighted by molar-refractivity contribution is 0.0325. The molecule has 4 aromatic rings. The monoisotopic (exact) mass is 458 g/mol. The molecule has 0 spiro atoms. The van der Waals surface area contributed by atoms with Gasteiger partial charge in [0.1, 0.15) is 10.8 Å². The van der Waals surface area contributed by atoms with Crippen LogP contribution in [-0.4, -0.2) is 45.7 Å². The molecule has 1 saturated heterocycles. The number of rotatable bonds is 5. The summed E-state index contributed by atoms with van der Waals surface area (Å²) in [6.45, 7) is 4.10. The van der Waals surface area contributed by atoms with Gasteiger partial charge >= 0.3 is 0 Å². The number of para-hydroxylation sites is 1. The Morgan fingerprint density at radius 3 is 2.70 bits per heavy atom. The minimum absolute atomic E-state index is 0.0280. The highest BCUT2D eigenvalue weighted by Gasteiger charge is 2.18. The lowest BCUT2D eigenvalue weighted by Gasteiger charge is -2.27. The molecule has 1 aliphatic heterocycles. The first kappa shape index (κ1) is 19.8. The Labute approximate surface area is 186 Å². The van der Waals surface area contributed by atoms with Crippen molar-refractivity contribution in [3.05, 3.63) is 67.3 Å². The third-order valence-corrected chi connectivity index (χ3v) is 7.17. The maximum Gasteiger partial charge on any atom is 0.261 e. The number of morpholine rings is 1. The highest BCUT2D eigenvalue weighted by Crippen LogP contribution is 2.31. The van der Waals surface area contributed by atoms with E-state index >= 15 is 0 Å². The summed E-state index contributed by atoms with van der Waals surface area (Å²) in [5.74, 6) is 0.761. The van der Waals surface area contributed by atoms with Crippen LogP contribution in [0.5, 0.6) is 0 Å². The van der Waals surface area contributed by atoms with Crippen molar-refractivity contribution in [3.8, 4) is 10.6 Å². The Balaban J connectivity index is 1.51. The second-order valence-electron chi connectivity index (χ2n) is 7.06. The summed E-state index contributed by atoms with van der Waals surface area (Å²) < 4.78 is 7.96. The van der Waals surface area contributed by atoms with Crippen LogP contribution in [0.4, 0.5) is 0 Å². The van der Waals surface area contributed by atoms with Gasteiger partial charge in [0.05, 0.1) is 52.1 Å². The molecule has 4 heterocycles. The summed E-state index contributed by atoms with van der Waals surface area (Å²) in [5.41, 5.74) is 1.60. The Morgan fingerprint density at radius 2 is 1.90 bits per heavy atom. The van der Waals surface area contributed by atoms with Gasteiger partial charge in [-0.05, 0) is 24.3 Å². The summed E-state index contributed by atoms with van der Waals surface area (Å²) in [7, 11) is 0. The van der Waals surface area contributed by atoms with E-state index in [2.05, 4.69) is 4.90 Å². The molecule has 1 aromatic carbocycles. The van der Waals surface area contributed by atoms with Crippen molar-refractivity contribution in [1.29, 1.82) is 0 Å². The number of benzene rings is 1. The number of thiazole rings is 1. The highest BCUT2D eigenvalue weighted by atomic mass is 35.5. The lowest BCUT2D eigenvalue weighted by Crippen LogP contribution is -2.38. The van der Waals surface area contributed by atoms with E-state index in [-0.39, 0.29) is 5.56 Å². The third-order valence-electron chi connectivity index (χ3n) is 5.08. The molecule has 0 bridgehead atoms. The zero-order chi connectivity index (χ0) is 20.5. The molecule has 30 heavy (non-hydrogen) atoms. The van der Waals surface area contributed by atoms with Crippen molar-refractivity contribution in [3.63, 3.8) is 0 Å². The first-order valence-electron chi connectivity index (χ1n) is 9.66. The molecule has 5 rings (SSSR count). The summed E-state index contributed by atoms with van der Waals surface area (Å²) in [6, 6.07) is 11.4. The van der Waals surface area contributed by atoms with Crippen LogP contribution in [0.3, 0.4) is 0 Å². The molecule has 154 valence electrons. The average Bonchev–Trinajstić information content (AvgIpc) is 3.40. The Bertz CT molecular complexity index is 1240. The lowest BCUT2D eigenvalue weighted by atomic mass is 10.2. The molecule has 0 aliphatic carbocycles. The number of halogens is 1. The van der Waals surface area contributed by atoms with E-state index in [0.29, 0.717) is 31.7 Å². The van der Waals surface area contributed by atoms with Crippen molar-refractivity contribution in [1.82, 2.24) is 19.4 Å². The normalized spacial score (nSPS) is 15.1. The van der Waals surface area contributed by atoms with Crippen LogP contribution in [0.2, 0.25) is 4.34 Å². The van der Waals surface area contributed by atoms with Gasteiger partial charge in [0.2, 0.25) is 0 Å². The van der Waals surface area contributed by atoms with Gasteiger partial charge in [-0.2, -0.15) is 0 Å². The molecule has 0 saturated carbocycles. The molecular formula is C21H19ClN4O2S2. The Kier molecular flexibility index (Phi) is 5.66. The van der Waals surface area contributed by atoms with Crippen LogP contribution in [0.1, 0.15) is 10.8 Å². The van der Waals surface area contributed by atoms with Crippen LogP contribution >= 0.6 is 34.3 Å². The van der Waals surface area contributed by atoms with Crippen molar-refractivity contribution in [2.45, 2.75) is 13.1 Å². The van der Waals surface area contributed by atoms with E-state index in [0.717, 1.165) is 44.3 Å². The zero-order valence-electron chi connectivity index (χ0n) is 16.1. The first-order chi connectivity index (χ1) is 14.7. The predicted octanol–water partition coefficient (Wildman–Crippen LogP) is 4.12. The van der Waals surface area contributed by atoms with Gasteiger partial charge in [-0.1, -0.05) is 23.7 Å². The highest BCUT2D eigenvalue weighted by molar-refractivity contribution is 7.19. The van der Waals surface area contributed by atoms with Gasteiger partial charge in [-0.25, -0.2) is 9.97 Å². The molecule has 6 nitrogen and oxygen atoms in total. The summed E-state index contributed by atoms with van der Waals surface area (Å²) in [5, 5.41) is 3.51. The minimum atomic E-state index is -0.0280. The van der Waals surface area contributed by atoms with Crippen LogP contribution < -0.4 is 5.56 Å². The second kappa shape index (κ2) is 8.56. The van der Waals surface area contributed by atoms with Crippen molar-refractivity contribution < 1.29 is 4.74 Å². The molecular weight excluding hydrogens is 440 g/mol. The Hall–Kier alpha value is -2.10. The Morgan fingerprint density at radius 1 is 1.07 bits per heavy atom. The van der Waals surface area contributed by atoms with Gasteiger partial charge in [0.15, 0.2) is 0 Å². The second-order valence-corrected chi connectivity index (χ2v) is 9.71. The maximum atomic E-state index is 13.3. The largest absolute Gasteiger partial charge is 0.379 e. The van der Waals surface area contributed by atoms with Gasteiger partial charge < -0.3 is 4.74 Å². The number of fused-ring (bicyclic) bond motifs is 1. The van der Waals surface area contributed by atoms with E-state index in [1.807, 2.05) is 41.8 Å². The number of hydrogen-bond acceptors (Lipinski definition) is 7. The molecule has 1 fully saturated rings. The topological polar surface area (TPSA) is 60.3 Å². The SMILES string of the molecule is O=c1c2ccccc2nc(CN2CCOCC2)n1Cc1nc(-c2ccc(Cl)s2)cs1. The van der Waals surface area contributed by atoms with Crippen LogP contribution in [-0.2, 0) is 17.8 Å². The zero-order valence-corrected chi connectivity index (χ0v) is 18.5. The number of hydrogen-bond donors (Lipinski definition) is 0. The fraction of sp³-hybridized carbons (Fsp3) is 0.286. The molecule has 3 aromatic heterocycles. The summed E-state index contributed by atoms with van der Waals surface area (Å²) >= 11 is 9.11. The van der Waals surface area contributed by atoms with E-state index in [1.54, 1.807) is 15.9 Å². The van der Waals surface area contributed by atoms with E-state index < -0.39 is 0 Å². The minimum Gasteiger partial charge on any atom is -0.379 e. The van der Waals surface area contributed by atoms with Crippen LogP contribution in [0.15, 0.2) is 46.6 Å². The van der Waals surface area contributed by atoms with Gasteiger partial charge in [-0.3, -0.25) is 14.3 Å².